The average molecular weight is 556 g/mol. The van der Waals surface area contributed by atoms with Gasteiger partial charge in [-0.15, -0.1) is 0 Å². The van der Waals surface area contributed by atoms with Gasteiger partial charge in [-0.2, -0.15) is 0 Å². The molecular formula is C23H51Cl3CrN5. The van der Waals surface area contributed by atoms with Crippen molar-refractivity contribution >= 4 is 0 Å². The summed E-state index contributed by atoms with van der Waals surface area (Å²) in [7, 11) is 8.70. The monoisotopic (exact) mass is 554 g/mol. The maximum atomic E-state index is 2.67. The average Bonchev–Trinajstić information content (AvgIpc) is 2.66. The fourth-order valence-electron chi connectivity index (χ4n) is 3.91. The zero-order valence-corrected chi connectivity index (χ0v) is 25.0. The topological polar surface area (TPSA) is 16.2 Å². The van der Waals surface area contributed by atoms with Gasteiger partial charge in [0.15, 0.2) is 0 Å². The zero-order chi connectivity index (χ0) is 20.6. The number of nitrogens with zero attached hydrogens (tertiary/aromatic N) is 5. The summed E-state index contributed by atoms with van der Waals surface area (Å²) in [5.41, 5.74) is 0. The summed E-state index contributed by atoms with van der Waals surface area (Å²) in [6.45, 7) is 11.6. The van der Waals surface area contributed by atoms with Gasteiger partial charge in [0.2, 0.25) is 0 Å². The van der Waals surface area contributed by atoms with E-state index in [0.29, 0.717) is 0 Å². The third kappa shape index (κ3) is 23.0. The Morgan fingerprint density at radius 1 is 0.500 bits per heavy atom. The molecule has 1 radical (unpaired) electrons. The smallest absolute Gasteiger partial charge is 1.00 e. The molecule has 0 amide bonds. The molecule has 195 valence electrons. The van der Waals surface area contributed by atoms with Gasteiger partial charge in [0.05, 0.1) is 20.0 Å². The minimum absolute atomic E-state index is 0. The van der Waals surface area contributed by atoms with E-state index in [2.05, 4.69) is 59.6 Å². The van der Waals surface area contributed by atoms with Gasteiger partial charge < -0.3 is 47.0 Å². The zero-order valence-electron chi connectivity index (χ0n) is 21.5. The Morgan fingerprint density at radius 2 is 0.812 bits per heavy atom. The van der Waals surface area contributed by atoms with Crippen molar-refractivity contribution in [1.82, 2.24) is 24.5 Å². The quantitative estimate of drug-likeness (QED) is 0.166. The van der Waals surface area contributed by atoms with E-state index in [9.17, 15) is 0 Å². The van der Waals surface area contributed by atoms with E-state index in [1.807, 2.05) is 0 Å². The number of likely N-dealkylation sites (N-methyl/N-ethyl adjacent to an activating group) is 2. The van der Waals surface area contributed by atoms with Crippen LogP contribution in [0.1, 0.15) is 71.1 Å². The molecule has 5 nitrogen and oxygen atoms in total. The minimum atomic E-state index is 0. The van der Waals surface area contributed by atoms with E-state index >= 15 is 0 Å². The van der Waals surface area contributed by atoms with Crippen LogP contribution in [0.2, 0.25) is 0 Å². The fourth-order valence-corrected chi connectivity index (χ4v) is 3.91. The van der Waals surface area contributed by atoms with Gasteiger partial charge in [0, 0.05) is 32.7 Å². The first kappa shape index (κ1) is 40.4. The Morgan fingerprint density at radius 3 is 1.16 bits per heavy atom. The van der Waals surface area contributed by atoms with Crippen molar-refractivity contribution in [3.63, 3.8) is 0 Å². The van der Waals surface area contributed by atoms with Crippen LogP contribution in [0.5, 0.6) is 0 Å². The molecule has 0 aromatic carbocycles. The van der Waals surface area contributed by atoms with E-state index in [1.54, 1.807) is 0 Å². The van der Waals surface area contributed by atoms with Crippen molar-refractivity contribution in [2.75, 3.05) is 80.9 Å². The normalized spacial score (nSPS) is 15.1. The van der Waals surface area contributed by atoms with Crippen molar-refractivity contribution in [3.05, 3.63) is 0 Å². The van der Waals surface area contributed by atoms with Crippen LogP contribution in [-0.2, 0) is 17.4 Å². The van der Waals surface area contributed by atoms with E-state index < -0.39 is 0 Å². The molecule has 1 aliphatic heterocycles. The SMILES string of the molecule is CCCCCCCCCCCCN1CN(CCN(C)C)CN(CCN(C)C)C1.[Cl-].[Cl-].[Cl-].[Cr+3]. The minimum Gasteiger partial charge on any atom is -1.00 e. The molecule has 0 aromatic heterocycles. The molecule has 1 rings (SSSR count). The largest absolute Gasteiger partial charge is 3.00 e. The van der Waals surface area contributed by atoms with Crippen LogP contribution >= 0.6 is 0 Å². The molecule has 1 heterocycles. The molecule has 0 aliphatic carbocycles. The van der Waals surface area contributed by atoms with Gasteiger partial charge in [-0.25, -0.2) is 0 Å². The summed E-state index contributed by atoms with van der Waals surface area (Å²) >= 11 is 0. The van der Waals surface area contributed by atoms with Gasteiger partial charge in [-0.05, 0) is 34.6 Å². The Labute approximate surface area is 230 Å². The maximum Gasteiger partial charge on any atom is 3.00 e. The van der Waals surface area contributed by atoms with Gasteiger partial charge in [-0.1, -0.05) is 64.7 Å². The van der Waals surface area contributed by atoms with Crippen molar-refractivity contribution in [2.45, 2.75) is 71.1 Å². The summed E-state index contributed by atoms with van der Waals surface area (Å²) < 4.78 is 0. The predicted octanol–water partition coefficient (Wildman–Crippen LogP) is -5.17. The summed E-state index contributed by atoms with van der Waals surface area (Å²) in [5, 5.41) is 0. The first-order valence-corrected chi connectivity index (χ1v) is 12.0. The van der Waals surface area contributed by atoms with E-state index in [4.69, 9.17) is 0 Å². The molecule has 0 bridgehead atoms. The molecule has 0 unspecified atom stereocenters. The maximum absolute atomic E-state index is 2.67. The summed E-state index contributed by atoms with van der Waals surface area (Å²) in [6.07, 6.45) is 14.2. The van der Waals surface area contributed by atoms with Crippen LogP contribution in [0, 0.1) is 0 Å². The number of rotatable bonds is 17. The second kappa shape index (κ2) is 26.8. The second-order valence-corrected chi connectivity index (χ2v) is 9.40. The molecule has 1 fully saturated rings. The molecule has 1 saturated heterocycles. The summed E-state index contributed by atoms with van der Waals surface area (Å²) in [4.78, 5) is 12.5. The molecule has 0 spiro atoms. The van der Waals surface area contributed by atoms with Crippen LogP contribution in [-0.4, -0.2) is 105 Å². The molecule has 0 saturated carbocycles. The first-order valence-electron chi connectivity index (χ1n) is 12.0. The van der Waals surface area contributed by atoms with Crippen LogP contribution in [0.25, 0.3) is 0 Å². The summed E-state index contributed by atoms with van der Waals surface area (Å²) in [5.74, 6) is 0. The van der Waals surface area contributed by atoms with E-state index in [0.717, 1.165) is 33.1 Å². The van der Waals surface area contributed by atoms with Crippen LogP contribution in [0.15, 0.2) is 0 Å². The molecule has 0 N–H and O–H groups in total. The van der Waals surface area contributed by atoms with Crippen LogP contribution in [0.4, 0.5) is 0 Å². The third-order valence-corrected chi connectivity index (χ3v) is 5.75. The van der Waals surface area contributed by atoms with Crippen molar-refractivity contribution < 1.29 is 54.6 Å². The first-order chi connectivity index (χ1) is 13.5. The number of unbranched alkanes of at least 4 members (excludes halogenated alkanes) is 9. The molecule has 1 aliphatic rings. The van der Waals surface area contributed by atoms with Gasteiger partial charge >= 0.3 is 17.4 Å². The Balaban J connectivity index is -0.000000980. The molecule has 0 aromatic rings. The third-order valence-electron chi connectivity index (χ3n) is 5.75. The van der Waals surface area contributed by atoms with Gasteiger partial charge in [0.1, 0.15) is 0 Å². The Kier molecular flexibility index (Phi) is 33.8. The molecule has 0 atom stereocenters. The molecule has 9 heteroatoms. The predicted molar refractivity (Wildman–Crippen MR) is 124 cm³/mol. The van der Waals surface area contributed by atoms with Crippen LogP contribution < -0.4 is 37.2 Å². The number of halogens is 3. The second-order valence-electron chi connectivity index (χ2n) is 9.40. The van der Waals surface area contributed by atoms with Crippen LogP contribution in [0.3, 0.4) is 0 Å². The van der Waals surface area contributed by atoms with Crippen molar-refractivity contribution in [3.8, 4) is 0 Å². The van der Waals surface area contributed by atoms with Crippen molar-refractivity contribution in [1.29, 1.82) is 0 Å². The summed E-state index contributed by atoms with van der Waals surface area (Å²) in [6, 6.07) is 0. The Bertz CT molecular complexity index is 349. The number of hydrogen-bond donors (Lipinski definition) is 0. The number of hydrogen-bond acceptors (Lipinski definition) is 5. The van der Waals surface area contributed by atoms with Crippen molar-refractivity contribution in [2.24, 2.45) is 0 Å². The molecule has 32 heavy (non-hydrogen) atoms. The van der Waals surface area contributed by atoms with Gasteiger partial charge in [-0.3, -0.25) is 14.7 Å². The fraction of sp³-hybridized carbons (Fsp3) is 1.00. The van der Waals surface area contributed by atoms with Gasteiger partial charge in [0.25, 0.3) is 0 Å². The molecular weight excluding hydrogens is 505 g/mol. The standard InChI is InChI=1S/C23H51N5.3ClH.Cr/c1-6-7-8-9-10-11-12-13-14-15-16-26-21-27(19-17-24(2)3)23-28(22-26)20-18-25(4)5;;;;/h6-23H2,1-5H3;3*1H;/q;;;;+3/p-3. The van der Waals surface area contributed by atoms with E-state index in [-0.39, 0.29) is 54.6 Å². The van der Waals surface area contributed by atoms with E-state index in [1.165, 1.54) is 83.8 Å². The Hall–Kier alpha value is 1.20.